The van der Waals surface area contributed by atoms with E-state index in [0.29, 0.717) is 17.1 Å². The molecule has 146 valence electrons. The number of rotatable bonds is 5. The standard InChI is InChI=1S/C21H28ClN3O2/c1-4-23-10-12-24(13-11-23)20(16-8-6-7-9-17(16)22)19-18(26)14-15(3)25(5-2)21(19)27/h6-9,14,20,26H,4-5,10-13H2,1-3H3/t20-/m1/s1. The first-order valence-electron chi connectivity index (χ1n) is 9.62. The molecule has 1 saturated heterocycles. The molecule has 2 heterocycles. The summed E-state index contributed by atoms with van der Waals surface area (Å²) >= 11 is 6.53. The molecule has 3 rings (SSSR count). The largest absolute Gasteiger partial charge is 0.507 e. The molecule has 0 saturated carbocycles. The molecule has 1 aliphatic rings. The molecule has 0 bridgehead atoms. The van der Waals surface area contributed by atoms with Gasteiger partial charge in [0.15, 0.2) is 0 Å². The van der Waals surface area contributed by atoms with Crippen LogP contribution in [0.3, 0.4) is 0 Å². The van der Waals surface area contributed by atoms with E-state index in [0.717, 1.165) is 44.0 Å². The maximum atomic E-state index is 13.3. The summed E-state index contributed by atoms with van der Waals surface area (Å²) in [5.41, 5.74) is 1.90. The maximum absolute atomic E-state index is 13.3. The third-order valence-corrected chi connectivity index (χ3v) is 5.88. The fourth-order valence-electron chi connectivity index (χ4n) is 3.99. The van der Waals surface area contributed by atoms with Gasteiger partial charge in [0.25, 0.3) is 5.56 Å². The minimum absolute atomic E-state index is 0.0463. The fourth-order valence-corrected chi connectivity index (χ4v) is 4.23. The van der Waals surface area contributed by atoms with E-state index < -0.39 is 0 Å². The zero-order valence-corrected chi connectivity index (χ0v) is 17.0. The third-order valence-electron chi connectivity index (χ3n) is 5.53. The van der Waals surface area contributed by atoms with Crippen LogP contribution in [0.4, 0.5) is 0 Å². The summed E-state index contributed by atoms with van der Waals surface area (Å²) in [6.45, 7) is 11.1. The molecule has 6 heteroatoms. The van der Waals surface area contributed by atoms with Crippen LogP contribution in [0, 0.1) is 6.92 Å². The highest BCUT2D eigenvalue weighted by molar-refractivity contribution is 6.31. The van der Waals surface area contributed by atoms with Gasteiger partial charge in [-0.2, -0.15) is 0 Å². The van der Waals surface area contributed by atoms with Gasteiger partial charge in [0.05, 0.1) is 11.6 Å². The van der Waals surface area contributed by atoms with Crippen LogP contribution in [0.15, 0.2) is 35.1 Å². The molecule has 0 radical (unpaired) electrons. The summed E-state index contributed by atoms with van der Waals surface area (Å²) in [7, 11) is 0. The van der Waals surface area contributed by atoms with Crippen molar-refractivity contribution in [2.24, 2.45) is 0 Å². The number of aryl methyl sites for hydroxylation is 1. The second-order valence-electron chi connectivity index (χ2n) is 7.03. The number of likely N-dealkylation sites (N-methyl/N-ethyl adjacent to an activating group) is 1. The normalized spacial score (nSPS) is 17.2. The van der Waals surface area contributed by atoms with Gasteiger partial charge in [-0.05, 0) is 38.1 Å². The van der Waals surface area contributed by atoms with Crippen LogP contribution in [0.2, 0.25) is 5.02 Å². The third kappa shape index (κ3) is 3.91. The van der Waals surface area contributed by atoms with Gasteiger partial charge in [-0.25, -0.2) is 0 Å². The molecule has 0 aliphatic carbocycles. The average molecular weight is 390 g/mol. The Morgan fingerprint density at radius 1 is 1.11 bits per heavy atom. The predicted octanol–water partition coefficient (Wildman–Crippen LogP) is 3.26. The van der Waals surface area contributed by atoms with Crippen LogP contribution < -0.4 is 5.56 Å². The molecule has 1 aromatic heterocycles. The van der Waals surface area contributed by atoms with Crippen LogP contribution in [0.5, 0.6) is 5.75 Å². The maximum Gasteiger partial charge on any atom is 0.259 e. The van der Waals surface area contributed by atoms with E-state index >= 15 is 0 Å². The number of aromatic hydroxyl groups is 1. The molecular weight excluding hydrogens is 362 g/mol. The lowest BCUT2D eigenvalue weighted by atomic mass is 9.96. The van der Waals surface area contributed by atoms with E-state index in [1.165, 1.54) is 0 Å². The molecule has 0 spiro atoms. The zero-order chi connectivity index (χ0) is 19.6. The van der Waals surface area contributed by atoms with Gasteiger partial charge in [0.2, 0.25) is 0 Å². The van der Waals surface area contributed by atoms with Crippen molar-refractivity contribution in [2.75, 3.05) is 32.7 Å². The SMILES string of the molecule is CCN1CCN([C@H](c2ccccc2Cl)c2c(O)cc(C)n(CC)c2=O)CC1. The first-order chi connectivity index (χ1) is 13.0. The molecular formula is C21H28ClN3O2. The molecule has 0 unspecified atom stereocenters. The number of piperazine rings is 1. The Bertz CT molecular complexity index is 857. The summed E-state index contributed by atoms with van der Waals surface area (Å²) in [5, 5.41) is 11.4. The van der Waals surface area contributed by atoms with Crippen LogP contribution in [-0.4, -0.2) is 52.2 Å². The molecule has 1 fully saturated rings. The lowest BCUT2D eigenvalue weighted by molar-refractivity contribution is 0.112. The smallest absolute Gasteiger partial charge is 0.259 e. The van der Waals surface area contributed by atoms with Crippen molar-refractivity contribution in [2.45, 2.75) is 33.4 Å². The Morgan fingerprint density at radius 2 is 1.78 bits per heavy atom. The van der Waals surface area contributed by atoms with E-state index in [1.54, 1.807) is 10.6 Å². The fraction of sp³-hybridized carbons (Fsp3) is 0.476. The molecule has 1 aliphatic heterocycles. The average Bonchev–Trinajstić information content (AvgIpc) is 2.66. The van der Waals surface area contributed by atoms with Gasteiger partial charge in [-0.15, -0.1) is 0 Å². The quantitative estimate of drug-likeness (QED) is 0.852. The molecule has 5 nitrogen and oxygen atoms in total. The molecule has 1 N–H and O–H groups in total. The molecule has 1 aromatic carbocycles. The molecule has 1 atom stereocenters. The van der Waals surface area contributed by atoms with Gasteiger partial charge < -0.3 is 14.6 Å². The topological polar surface area (TPSA) is 48.7 Å². The number of pyridine rings is 1. The highest BCUT2D eigenvalue weighted by Crippen LogP contribution is 2.36. The van der Waals surface area contributed by atoms with Crippen molar-refractivity contribution < 1.29 is 5.11 Å². The minimum atomic E-state index is -0.358. The summed E-state index contributed by atoms with van der Waals surface area (Å²) < 4.78 is 1.71. The first kappa shape index (κ1) is 19.9. The predicted molar refractivity (Wildman–Crippen MR) is 110 cm³/mol. The van der Waals surface area contributed by atoms with Crippen molar-refractivity contribution >= 4 is 11.6 Å². The highest BCUT2D eigenvalue weighted by Gasteiger charge is 2.32. The Morgan fingerprint density at radius 3 is 2.37 bits per heavy atom. The number of benzene rings is 1. The Hall–Kier alpha value is -1.82. The van der Waals surface area contributed by atoms with E-state index in [4.69, 9.17) is 11.6 Å². The lowest BCUT2D eigenvalue weighted by Gasteiger charge is -2.39. The van der Waals surface area contributed by atoms with E-state index in [9.17, 15) is 9.90 Å². The first-order valence-corrected chi connectivity index (χ1v) is 9.99. The van der Waals surface area contributed by atoms with Crippen LogP contribution in [-0.2, 0) is 6.54 Å². The summed E-state index contributed by atoms with van der Waals surface area (Å²) in [6, 6.07) is 8.94. The van der Waals surface area contributed by atoms with E-state index in [1.807, 2.05) is 38.1 Å². The number of hydrogen-bond acceptors (Lipinski definition) is 4. The second kappa shape index (κ2) is 8.46. The van der Waals surface area contributed by atoms with Crippen molar-refractivity contribution in [3.63, 3.8) is 0 Å². The van der Waals surface area contributed by atoms with Gasteiger partial charge in [0.1, 0.15) is 5.75 Å². The monoisotopic (exact) mass is 389 g/mol. The van der Waals surface area contributed by atoms with Gasteiger partial charge >= 0.3 is 0 Å². The van der Waals surface area contributed by atoms with Gasteiger partial charge in [-0.3, -0.25) is 9.69 Å². The molecule has 27 heavy (non-hydrogen) atoms. The Balaban J connectivity index is 2.15. The number of hydrogen-bond donors (Lipinski definition) is 1. The van der Waals surface area contributed by atoms with Crippen molar-refractivity contribution in [1.82, 2.24) is 14.4 Å². The minimum Gasteiger partial charge on any atom is -0.507 e. The number of aromatic nitrogens is 1. The summed E-state index contributed by atoms with van der Waals surface area (Å²) in [4.78, 5) is 17.9. The van der Waals surface area contributed by atoms with Crippen molar-refractivity contribution in [3.8, 4) is 5.75 Å². The van der Waals surface area contributed by atoms with E-state index in [-0.39, 0.29) is 17.4 Å². The van der Waals surface area contributed by atoms with E-state index in [2.05, 4.69) is 16.7 Å². The summed E-state index contributed by atoms with van der Waals surface area (Å²) in [5.74, 6) is 0.0463. The highest BCUT2D eigenvalue weighted by atomic mass is 35.5. The van der Waals surface area contributed by atoms with Gasteiger partial charge in [-0.1, -0.05) is 36.7 Å². The van der Waals surface area contributed by atoms with Crippen molar-refractivity contribution in [3.05, 3.63) is 62.5 Å². The number of halogens is 1. The second-order valence-corrected chi connectivity index (χ2v) is 7.44. The number of nitrogens with zero attached hydrogens (tertiary/aromatic N) is 3. The van der Waals surface area contributed by atoms with Gasteiger partial charge in [0, 0.05) is 43.4 Å². The van der Waals surface area contributed by atoms with Crippen LogP contribution in [0.25, 0.3) is 0 Å². The molecule has 0 amide bonds. The van der Waals surface area contributed by atoms with Crippen LogP contribution >= 0.6 is 11.6 Å². The summed E-state index contributed by atoms with van der Waals surface area (Å²) in [6.07, 6.45) is 0. The lowest BCUT2D eigenvalue weighted by Crippen LogP contribution is -2.48. The zero-order valence-electron chi connectivity index (χ0n) is 16.3. The van der Waals surface area contributed by atoms with Crippen molar-refractivity contribution in [1.29, 1.82) is 0 Å². The molecule has 2 aromatic rings. The Labute approximate surface area is 165 Å². The Kier molecular flexibility index (Phi) is 6.25. The van der Waals surface area contributed by atoms with Crippen LogP contribution in [0.1, 0.15) is 36.7 Å².